The highest BCUT2D eigenvalue weighted by molar-refractivity contribution is 4.71. The van der Waals surface area contributed by atoms with Crippen molar-refractivity contribution in [2.75, 3.05) is 39.5 Å². The van der Waals surface area contributed by atoms with E-state index in [0.29, 0.717) is 5.92 Å². The third-order valence-electron chi connectivity index (χ3n) is 2.81. The van der Waals surface area contributed by atoms with Gasteiger partial charge in [0.1, 0.15) is 0 Å². The van der Waals surface area contributed by atoms with Crippen LogP contribution in [0.3, 0.4) is 0 Å². The predicted molar refractivity (Wildman–Crippen MR) is 66.7 cm³/mol. The molecule has 1 rings (SSSR count). The van der Waals surface area contributed by atoms with Crippen LogP contribution in [0.2, 0.25) is 0 Å². The van der Waals surface area contributed by atoms with Crippen molar-refractivity contribution in [1.29, 1.82) is 0 Å². The van der Waals surface area contributed by atoms with Crippen LogP contribution >= 0.6 is 0 Å². The summed E-state index contributed by atoms with van der Waals surface area (Å²) in [6.07, 6.45) is 2.84. The zero-order chi connectivity index (χ0) is 11.8. The Bertz CT molecular complexity index is 173. The van der Waals surface area contributed by atoms with E-state index in [1.807, 2.05) is 0 Å². The van der Waals surface area contributed by atoms with E-state index in [0.717, 1.165) is 32.9 Å². The summed E-state index contributed by atoms with van der Waals surface area (Å²) in [4.78, 5) is 2.50. The van der Waals surface area contributed by atoms with Crippen LogP contribution in [0.25, 0.3) is 0 Å². The average molecular weight is 229 g/mol. The lowest BCUT2D eigenvalue weighted by Gasteiger charge is -2.32. The van der Waals surface area contributed by atoms with Crippen LogP contribution in [0.5, 0.6) is 0 Å². The van der Waals surface area contributed by atoms with E-state index in [4.69, 9.17) is 9.47 Å². The molecule has 96 valence electrons. The van der Waals surface area contributed by atoms with Crippen LogP contribution in [0.4, 0.5) is 0 Å². The Morgan fingerprint density at radius 2 is 2.25 bits per heavy atom. The summed E-state index contributed by atoms with van der Waals surface area (Å²) in [7, 11) is 0. The maximum atomic E-state index is 5.70. The number of hydrogen-bond donors (Lipinski definition) is 0. The topological polar surface area (TPSA) is 21.7 Å². The fraction of sp³-hybridized carbons (Fsp3) is 1.00. The number of hydrogen-bond acceptors (Lipinski definition) is 3. The molecule has 0 bridgehead atoms. The van der Waals surface area contributed by atoms with Gasteiger partial charge in [0.2, 0.25) is 0 Å². The first kappa shape index (κ1) is 13.9. The molecule has 1 saturated heterocycles. The van der Waals surface area contributed by atoms with Crippen molar-refractivity contribution < 1.29 is 9.47 Å². The van der Waals surface area contributed by atoms with Gasteiger partial charge in [0.15, 0.2) is 0 Å². The highest BCUT2D eigenvalue weighted by Gasteiger charge is 2.19. The van der Waals surface area contributed by atoms with Crippen molar-refractivity contribution in [1.82, 2.24) is 4.90 Å². The van der Waals surface area contributed by atoms with Crippen LogP contribution in [0.15, 0.2) is 0 Å². The number of rotatable bonds is 7. The summed E-state index contributed by atoms with van der Waals surface area (Å²) in [6, 6.07) is 0. The molecule has 1 fully saturated rings. The normalized spacial score (nSPS) is 22.9. The molecule has 0 aromatic heterocycles. The molecule has 1 atom stereocenters. The zero-order valence-electron chi connectivity index (χ0n) is 11.1. The lowest BCUT2D eigenvalue weighted by atomic mass is 10.2. The molecule has 0 amide bonds. The van der Waals surface area contributed by atoms with Gasteiger partial charge in [-0.3, -0.25) is 4.90 Å². The molecule has 3 heteroatoms. The third kappa shape index (κ3) is 5.83. The van der Waals surface area contributed by atoms with Crippen molar-refractivity contribution >= 4 is 0 Å². The average Bonchev–Trinajstić information content (AvgIpc) is 2.26. The van der Waals surface area contributed by atoms with Crippen LogP contribution in [-0.4, -0.2) is 50.5 Å². The Kier molecular flexibility index (Phi) is 7.01. The third-order valence-corrected chi connectivity index (χ3v) is 2.81. The smallest absolute Gasteiger partial charge is 0.0935 e. The standard InChI is InChI=1S/C13H27NO2/c1-4-5-6-14-7-8-16-13(9-14)11-15-10-12(2)3/h12-13H,4-11H2,1-3H3/t13-/m1/s1. The fourth-order valence-corrected chi connectivity index (χ4v) is 1.90. The van der Waals surface area contributed by atoms with E-state index in [-0.39, 0.29) is 6.10 Å². The largest absolute Gasteiger partial charge is 0.378 e. The summed E-state index contributed by atoms with van der Waals surface area (Å²) >= 11 is 0. The van der Waals surface area contributed by atoms with E-state index in [1.54, 1.807) is 0 Å². The van der Waals surface area contributed by atoms with Gasteiger partial charge in [-0.1, -0.05) is 27.2 Å². The quantitative estimate of drug-likeness (QED) is 0.668. The Morgan fingerprint density at radius 1 is 1.44 bits per heavy atom. The van der Waals surface area contributed by atoms with Gasteiger partial charge < -0.3 is 9.47 Å². The first-order valence-corrected chi connectivity index (χ1v) is 6.64. The van der Waals surface area contributed by atoms with Crippen LogP contribution < -0.4 is 0 Å². The molecule has 0 unspecified atom stereocenters. The van der Waals surface area contributed by atoms with Gasteiger partial charge in [-0.2, -0.15) is 0 Å². The lowest BCUT2D eigenvalue weighted by molar-refractivity contribution is -0.0721. The minimum atomic E-state index is 0.282. The highest BCUT2D eigenvalue weighted by Crippen LogP contribution is 2.07. The van der Waals surface area contributed by atoms with Crippen molar-refractivity contribution in [3.63, 3.8) is 0 Å². The lowest BCUT2D eigenvalue weighted by Crippen LogP contribution is -2.44. The van der Waals surface area contributed by atoms with Gasteiger partial charge in [0, 0.05) is 19.7 Å². The molecular formula is C13H27NO2. The van der Waals surface area contributed by atoms with Gasteiger partial charge in [-0.05, 0) is 18.9 Å². The second kappa shape index (κ2) is 8.04. The molecule has 1 aliphatic rings. The number of nitrogens with zero attached hydrogens (tertiary/aromatic N) is 1. The van der Waals surface area contributed by atoms with E-state index in [1.165, 1.54) is 19.4 Å². The Balaban J connectivity index is 2.12. The van der Waals surface area contributed by atoms with Crippen molar-refractivity contribution in [2.45, 2.75) is 39.7 Å². The number of unbranched alkanes of at least 4 members (excludes halogenated alkanes) is 1. The summed E-state index contributed by atoms with van der Waals surface area (Å²) in [5.74, 6) is 0.611. The summed E-state index contributed by atoms with van der Waals surface area (Å²) < 4.78 is 11.3. The molecular weight excluding hydrogens is 202 g/mol. The monoisotopic (exact) mass is 229 g/mol. The van der Waals surface area contributed by atoms with E-state index in [9.17, 15) is 0 Å². The molecule has 0 N–H and O–H groups in total. The summed E-state index contributed by atoms with van der Waals surface area (Å²) in [6.45, 7) is 12.4. The second-order valence-corrected chi connectivity index (χ2v) is 5.08. The number of morpholine rings is 1. The molecule has 16 heavy (non-hydrogen) atoms. The fourth-order valence-electron chi connectivity index (χ4n) is 1.90. The Labute approximate surface area is 100 Å². The first-order chi connectivity index (χ1) is 7.72. The second-order valence-electron chi connectivity index (χ2n) is 5.08. The molecule has 0 saturated carbocycles. The Morgan fingerprint density at radius 3 is 2.94 bits per heavy atom. The van der Waals surface area contributed by atoms with Crippen molar-refractivity contribution in [2.24, 2.45) is 5.92 Å². The van der Waals surface area contributed by atoms with Crippen LogP contribution in [-0.2, 0) is 9.47 Å². The maximum absolute atomic E-state index is 5.70. The van der Waals surface area contributed by atoms with Crippen molar-refractivity contribution in [3.05, 3.63) is 0 Å². The van der Waals surface area contributed by atoms with Crippen LogP contribution in [0, 0.1) is 5.92 Å². The van der Waals surface area contributed by atoms with Gasteiger partial charge in [0.05, 0.1) is 19.3 Å². The van der Waals surface area contributed by atoms with Crippen molar-refractivity contribution in [3.8, 4) is 0 Å². The van der Waals surface area contributed by atoms with E-state index >= 15 is 0 Å². The molecule has 0 aromatic rings. The Hall–Kier alpha value is -0.120. The molecule has 0 aliphatic carbocycles. The highest BCUT2D eigenvalue weighted by atomic mass is 16.5. The molecule has 1 aliphatic heterocycles. The van der Waals surface area contributed by atoms with Gasteiger partial charge >= 0.3 is 0 Å². The minimum Gasteiger partial charge on any atom is -0.378 e. The maximum Gasteiger partial charge on any atom is 0.0935 e. The molecule has 0 spiro atoms. The summed E-state index contributed by atoms with van der Waals surface area (Å²) in [5, 5.41) is 0. The molecule has 1 heterocycles. The van der Waals surface area contributed by atoms with E-state index < -0.39 is 0 Å². The first-order valence-electron chi connectivity index (χ1n) is 6.64. The number of ether oxygens (including phenoxy) is 2. The minimum absolute atomic E-state index is 0.282. The van der Waals surface area contributed by atoms with Crippen LogP contribution in [0.1, 0.15) is 33.6 Å². The van der Waals surface area contributed by atoms with E-state index in [2.05, 4.69) is 25.7 Å². The molecule has 0 radical (unpaired) electrons. The van der Waals surface area contributed by atoms with Gasteiger partial charge in [-0.25, -0.2) is 0 Å². The SMILES string of the molecule is CCCCN1CCO[C@@H](COCC(C)C)C1. The zero-order valence-corrected chi connectivity index (χ0v) is 11.1. The van der Waals surface area contributed by atoms with Gasteiger partial charge in [0.25, 0.3) is 0 Å². The van der Waals surface area contributed by atoms with Gasteiger partial charge in [-0.15, -0.1) is 0 Å². The summed E-state index contributed by atoms with van der Waals surface area (Å²) in [5.41, 5.74) is 0. The molecule has 0 aromatic carbocycles. The molecule has 3 nitrogen and oxygen atoms in total. The predicted octanol–water partition coefficient (Wildman–Crippen LogP) is 2.16.